The molecule has 1 aliphatic carbocycles. The molecule has 1 saturated carbocycles. The van der Waals surface area contributed by atoms with Crippen LogP contribution in [0.2, 0.25) is 0 Å². The summed E-state index contributed by atoms with van der Waals surface area (Å²) in [7, 11) is 0. The van der Waals surface area contributed by atoms with E-state index in [1.165, 1.54) is 38.5 Å². The molecule has 0 aromatic rings. The third-order valence-electron chi connectivity index (χ3n) is 3.25. The van der Waals surface area contributed by atoms with Gasteiger partial charge in [-0.1, -0.05) is 45.4 Å². The van der Waals surface area contributed by atoms with E-state index in [2.05, 4.69) is 6.92 Å². The maximum absolute atomic E-state index is 9.58. The maximum Gasteiger partial charge on any atom is 0.0540 e. The minimum atomic E-state index is -0.0214. The molecule has 1 fully saturated rings. The second kappa shape index (κ2) is 6.42. The lowest BCUT2D eigenvalue weighted by Crippen LogP contribution is -2.11. The molecular weight excluding hydrogens is 160 g/mol. The predicted molar refractivity (Wildman–Crippen MR) is 56.7 cm³/mol. The largest absolute Gasteiger partial charge is 0.393 e. The van der Waals surface area contributed by atoms with Crippen molar-refractivity contribution < 1.29 is 5.11 Å². The van der Waals surface area contributed by atoms with Crippen LogP contribution in [-0.4, -0.2) is 11.2 Å². The topological polar surface area (TPSA) is 20.2 Å². The van der Waals surface area contributed by atoms with Crippen LogP contribution in [-0.2, 0) is 0 Å². The molecule has 0 bridgehead atoms. The molecular formula is C12H24O. The van der Waals surface area contributed by atoms with Crippen LogP contribution in [0.5, 0.6) is 0 Å². The second-order valence-electron chi connectivity index (χ2n) is 4.52. The SMILES string of the molecule is CCCC(O)CCC1CCCCC1. The molecule has 1 unspecified atom stereocenters. The highest BCUT2D eigenvalue weighted by Gasteiger charge is 2.14. The summed E-state index contributed by atoms with van der Waals surface area (Å²) >= 11 is 0. The summed E-state index contributed by atoms with van der Waals surface area (Å²) in [5, 5.41) is 9.58. The van der Waals surface area contributed by atoms with Crippen LogP contribution in [0.3, 0.4) is 0 Å². The van der Waals surface area contributed by atoms with Gasteiger partial charge in [-0.3, -0.25) is 0 Å². The molecule has 0 heterocycles. The first-order chi connectivity index (χ1) is 6.33. The Morgan fingerprint density at radius 1 is 1.15 bits per heavy atom. The van der Waals surface area contributed by atoms with E-state index in [4.69, 9.17) is 0 Å². The number of aliphatic hydroxyl groups excluding tert-OH is 1. The molecule has 1 nitrogen and oxygen atoms in total. The molecule has 1 heteroatoms. The molecule has 78 valence electrons. The third-order valence-corrected chi connectivity index (χ3v) is 3.25. The fourth-order valence-corrected chi connectivity index (χ4v) is 2.38. The van der Waals surface area contributed by atoms with Crippen LogP contribution < -0.4 is 0 Å². The lowest BCUT2D eigenvalue weighted by molar-refractivity contribution is 0.139. The van der Waals surface area contributed by atoms with E-state index >= 15 is 0 Å². The minimum Gasteiger partial charge on any atom is -0.393 e. The number of hydrogen-bond donors (Lipinski definition) is 1. The van der Waals surface area contributed by atoms with Gasteiger partial charge >= 0.3 is 0 Å². The standard InChI is InChI=1S/C12H24O/c1-2-6-12(13)10-9-11-7-4-3-5-8-11/h11-13H,2-10H2,1H3. The Morgan fingerprint density at radius 3 is 2.46 bits per heavy atom. The highest BCUT2D eigenvalue weighted by atomic mass is 16.3. The lowest BCUT2D eigenvalue weighted by Gasteiger charge is -2.22. The van der Waals surface area contributed by atoms with Crippen molar-refractivity contribution in [3.05, 3.63) is 0 Å². The summed E-state index contributed by atoms with van der Waals surface area (Å²) < 4.78 is 0. The third kappa shape index (κ3) is 4.66. The van der Waals surface area contributed by atoms with Gasteiger partial charge in [0.25, 0.3) is 0 Å². The van der Waals surface area contributed by atoms with Crippen molar-refractivity contribution in [2.24, 2.45) is 5.92 Å². The summed E-state index contributed by atoms with van der Waals surface area (Å²) in [5.41, 5.74) is 0. The summed E-state index contributed by atoms with van der Waals surface area (Å²) in [6.07, 6.45) is 11.5. The fraction of sp³-hybridized carbons (Fsp3) is 1.00. The zero-order valence-electron chi connectivity index (χ0n) is 8.97. The van der Waals surface area contributed by atoms with E-state index in [0.717, 1.165) is 25.2 Å². The van der Waals surface area contributed by atoms with Crippen LogP contribution in [0.15, 0.2) is 0 Å². The normalized spacial score (nSPS) is 21.7. The minimum absolute atomic E-state index is 0.0214. The molecule has 0 radical (unpaired) electrons. The van der Waals surface area contributed by atoms with Crippen LogP contribution in [0, 0.1) is 5.92 Å². The highest BCUT2D eigenvalue weighted by Crippen LogP contribution is 2.27. The van der Waals surface area contributed by atoms with Gasteiger partial charge in [-0.25, -0.2) is 0 Å². The summed E-state index contributed by atoms with van der Waals surface area (Å²) in [4.78, 5) is 0. The van der Waals surface area contributed by atoms with Gasteiger partial charge in [0.15, 0.2) is 0 Å². The van der Waals surface area contributed by atoms with E-state index in [-0.39, 0.29) is 6.10 Å². The zero-order chi connectivity index (χ0) is 9.52. The summed E-state index contributed by atoms with van der Waals surface area (Å²) in [5.74, 6) is 0.931. The van der Waals surface area contributed by atoms with Gasteiger partial charge in [0.05, 0.1) is 6.10 Å². The van der Waals surface area contributed by atoms with Crippen molar-refractivity contribution in [1.29, 1.82) is 0 Å². The smallest absolute Gasteiger partial charge is 0.0540 e. The number of aliphatic hydroxyl groups is 1. The second-order valence-corrected chi connectivity index (χ2v) is 4.52. The molecule has 1 rings (SSSR count). The van der Waals surface area contributed by atoms with Gasteiger partial charge in [0.1, 0.15) is 0 Å². The Bertz CT molecular complexity index is 116. The first kappa shape index (κ1) is 11.0. The van der Waals surface area contributed by atoms with Crippen molar-refractivity contribution in [2.75, 3.05) is 0 Å². The van der Waals surface area contributed by atoms with Crippen LogP contribution in [0.25, 0.3) is 0 Å². The van der Waals surface area contributed by atoms with Gasteiger partial charge in [0, 0.05) is 0 Å². The molecule has 0 aliphatic heterocycles. The van der Waals surface area contributed by atoms with E-state index < -0.39 is 0 Å². The van der Waals surface area contributed by atoms with Crippen molar-refractivity contribution in [2.45, 2.75) is 70.8 Å². The van der Waals surface area contributed by atoms with Crippen LogP contribution in [0.1, 0.15) is 64.7 Å². The zero-order valence-corrected chi connectivity index (χ0v) is 8.97. The lowest BCUT2D eigenvalue weighted by atomic mass is 9.85. The average molecular weight is 184 g/mol. The number of hydrogen-bond acceptors (Lipinski definition) is 1. The van der Waals surface area contributed by atoms with Crippen molar-refractivity contribution in [3.63, 3.8) is 0 Å². The summed E-state index contributed by atoms with van der Waals surface area (Å²) in [6, 6.07) is 0. The molecule has 1 aliphatic rings. The van der Waals surface area contributed by atoms with Gasteiger partial charge < -0.3 is 5.11 Å². The molecule has 13 heavy (non-hydrogen) atoms. The Hall–Kier alpha value is -0.0400. The van der Waals surface area contributed by atoms with Crippen LogP contribution >= 0.6 is 0 Å². The molecule has 0 aromatic heterocycles. The van der Waals surface area contributed by atoms with E-state index in [1.54, 1.807) is 0 Å². The Balaban J connectivity index is 2.03. The Kier molecular flexibility index (Phi) is 5.45. The van der Waals surface area contributed by atoms with Crippen molar-refractivity contribution >= 4 is 0 Å². The van der Waals surface area contributed by atoms with Gasteiger partial charge in [-0.05, 0) is 25.2 Å². The first-order valence-corrected chi connectivity index (χ1v) is 6.01. The molecule has 0 saturated heterocycles. The molecule has 0 aromatic carbocycles. The molecule has 1 atom stereocenters. The van der Waals surface area contributed by atoms with Crippen molar-refractivity contribution in [1.82, 2.24) is 0 Å². The van der Waals surface area contributed by atoms with E-state index in [9.17, 15) is 5.11 Å². The highest BCUT2D eigenvalue weighted by molar-refractivity contribution is 4.67. The predicted octanol–water partition coefficient (Wildman–Crippen LogP) is 3.51. The Morgan fingerprint density at radius 2 is 1.85 bits per heavy atom. The quantitative estimate of drug-likeness (QED) is 0.693. The fourth-order valence-electron chi connectivity index (χ4n) is 2.38. The average Bonchev–Trinajstić information content (AvgIpc) is 2.17. The van der Waals surface area contributed by atoms with E-state index in [1.807, 2.05) is 0 Å². The van der Waals surface area contributed by atoms with Gasteiger partial charge in [-0.15, -0.1) is 0 Å². The molecule has 0 spiro atoms. The Labute approximate surface area is 82.5 Å². The van der Waals surface area contributed by atoms with E-state index in [0.29, 0.717) is 0 Å². The van der Waals surface area contributed by atoms with Gasteiger partial charge in [-0.2, -0.15) is 0 Å². The summed E-state index contributed by atoms with van der Waals surface area (Å²) in [6.45, 7) is 2.14. The molecule has 1 N–H and O–H groups in total. The molecule has 0 amide bonds. The maximum atomic E-state index is 9.58. The monoisotopic (exact) mass is 184 g/mol. The van der Waals surface area contributed by atoms with Gasteiger partial charge in [0.2, 0.25) is 0 Å². The first-order valence-electron chi connectivity index (χ1n) is 6.01. The van der Waals surface area contributed by atoms with Crippen LogP contribution in [0.4, 0.5) is 0 Å². The van der Waals surface area contributed by atoms with Crippen molar-refractivity contribution in [3.8, 4) is 0 Å². The number of rotatable bonds is 5.